The van der Waals surface area contributed by atoms with Gasteiger partial charge >= 0.3 is 0 Å². The number of hydrogen-bond donors (Lipinski definition) is 1. The highest BCUT2D eigenvalue weighted by molar-refractivity contribution is 4.77. The number of nitrogens with zero attached hydrogens (tertiary/aromatic N) is 4. The molecule has 7 nitrogen and oxygen atoms in total. The van der Waals surface area contributed by atoms with Gasteiger partial charge in [0.05, 0.1) is 32.9 Å². The van der Waals surface area contributed by atoms with Crippen LogP contribution in [0.15, 0.2) is 0 Å². The second-order valence-corrected chi connectivity index (χ2v) is 2.63. The number of aromatic nitrogens is 4. The summed E-state index contributed by atoms with van der Waals surface area (Å²) in [7, 11) is 1.64. The lowest BCUT2D eigenvalue weighted by Crippen LogP contribution is -2.14. The van der Waals surface area contributed by atoms with Gasteiger partial charge in [-0.2, -0.15) is 0 Å². The lowest BCUT2D eigenvalue weighted by molar-refractivity contribution is 0.0649. The maximum atomic E-state index is 5.42. The molecule has 0 saturated heterocycles. The Morgan fingerprint density at radius 3 is 2.93 bits per heavy atom. The number of rotatable bonds is 7. The van der Waals surface area contributed by atoms with Gasteiger partial charge in [0, 0.05) is 7.11 Å². The lowest BCUT2D eigenvalue weighted by atomic mass is 10.6. The fourth-order valence-corrected chi connectivity index (χ4v) is 0.938. The molecule has 0 aliphatic rings. The first kappa shape index (κ1) is 11.0. The number of ether oxygens (including phenoxy) is 2. The van der Waals surface area contributed by atoms with Crippen molar-refractivity contribution in [1.82, 2.24) is 20.2 Å². The Morgan fingerprint density at radius 2 is 2.21 bits per heavy atom. The molecule has 1 aromatic rings. The highest BCUT2D eigenvalue weighted by Gasteiger charge is 2.02. The molecule has 0 bridgehead atoms. The standard InChI is InChI=1S/C7H15N5O2/c1-13-4-5-14-3-2-12-7(6-8)9-10-11-12/h2-6,8H2,1H3. The summed E-state index contributed by atoms with van der Waals surface area (Å²) in [6, 6.07) is 0. The Balaban J connectivity index is 2.17. The minimum Gasteiger partial charge on any atom is -0.382 e. The Labute approximate surface area is 82.2 Å². The van der Waals surface area contributed by atoms with Crippen LogP contribution in [0.3, 0.4) is 0 Å². The normalized spacial score (nSPS) is 10.7. The number of hydrogen-bond acceptors (Lipinski definition) is 6. The molecule has 0 saturated carbocycles. The third kappa shape index (κ3) is 3.36. The third-order valence-electron chi connectivity index (χ3n) is 1.67. The van der Waals surface area contributed by atoms with Crippen LogP contribution in [0.4, 0.5) is 0 Å². The molecule has 0 aromatic carbocycles. The van der Waals surface area contributed by atoms with Gasteiger partial charge in [-0.05, 0) is 10.4 Å². The van der Waals surface area contributed by atoms with Crippen LogP contribution in [-0.4, -0.2) is 47.1 Å². The van der Waals surface area contributed by atoms with Gasteiger partial charge in [0.25, 0.3) is 0 Å². The van der Waals surface area contributed by atoms with Gasteiger partial charge in [-0.1, -0.05) is 0 Å². The quantitative estimate of drug-likeness (QED) is 0.557. The zero-order chi connectivity index (χ0) is 10.2. The average molecular weight is 201 g/mol. The number of methoxy groups -OCH3 is 1. The summed E-state index contributed by atoms with van der Waals surface area (Å²) in [5.41, 5.74) is 5.42. The van der Waals surface area contributed by atoms with E-state index in [0.29, 0.717) is 38.7 Å². The molecule has 80 valence electrons. The van der Waals surface area contributed by atoms with Crippen molar-refractivity contribution in [3.05, 3.63) is 5.82 Å². The highest BCUT2D eigenvalue weighted by Crippen LogP contribution is 1.90. The number of nitrogens with two attached hydrogens (primary N) is 1. The van der Waals surface area contributed by atoms with Gasteiger partial charge in [-0.25, -0.2) is 4.68 Å². The Morgan fingerprint density at radius 1 is 1.36 bits per heavy atom. The molecular weight excluding hydrogens is 186 g/mol. The van der Waals surface area contributed by atoms with Crippen LogP contribution in [0, 0.1) is 0 Å². The van der Waals surface area contributed by atoms with Crippen LogP contribution in [0.2, 0.25) is 0 Å². The molecular formula is C7H15N5O2. The molecule has 0 spiro atoms. The topological polar surface area (TPSA) is 88.1 Å². The van der Waals surface area contributed by atoms with E-state index in [1.165, 1.54) is 0 Å². The maximum absolute atomic E-state index is 5.42. The van der Waals surface area contributed by atoms with Crippen molar-refractivity contribution in [3.8, 4) is 0 Å². The fourth-order valence-electron chi connectivity index (χ4n) is 0.938. The van der Waals surface area contributed by atoms with Crippen LogP contribution in [-0.2, 0) is 22.6 Å². The Hall–Kier alpha value is -1.05. The zero-order valence-corrected chi connectivity index (χ0v) is 8.22. The van der Waals surface area contributed by atoms with Crippen LogP contribution >= 0.6 is 0 Å². The average Bonchev–Trinajstić information content (AvgIpc) is 2.65. The molecule has 0 unspecified atom stereocenters. The van der Waals surface area contributed by atoms with Crippen molar-refractivity contribution in [2.45, 2.75) is 13.1 Å². The molecule has 0 fully saturated rings. The maximum Gasteiger partial charge on any atom is 0.164 e. The SMILES string of the molecule is COCCOCCn1nnnc1CN. The van der Waals surface area contributed by atoms with E-state index >= 15 is 0 Å². The second kappa shape index (κ2) is 6.41. The van der Waals surface area contributed by atoms with Gasteiger partial charge in [-0.15, -0.1) is 5.10 Å². The van der Waals surface area contributed by atoms with E-state index in [4.69, 9.17) is 15.2 Å². The van der Waals surface area contributed by atoms with Crippen molar-refractivity contribution in [1.29, 1.82) is 0 Å². The summed E-state index contributed by atoms with van der Waals surface area (Å²) in [5, 5.41) is 11.0. The zero-order valence-electron chi connectivity index (χ0n) is 8.22. The molecule has 0 aliphatic carbocycles. The lowest BCUT2D eigenvalue weighted by Gasteiger charge is -2.04. The van der Waals surface area contributed by atoms with Gasteiger partial charge in [0.1, 0.15) is 0 Å². The van der Waals surface area contributed by atoms with Crippen molar-refractivity contribution < 1.29 is 9.47 Å². The molecule has 2 N–H and O–H groups in total. The molecule has 0 radical (unpaired) electrons. The molecule has 1 heterocycles. The first-order valence-corrected chi connectivity index (χ1v) is 4.40. The molecule has 0 amide bonds. The third-order valence-corrected chi connectivity index (χ3v) is 1.67. The Bertz CT molecular complexity index is 252. The molecule has 0 aliphatic heterocycles. The molecule has 14 heavy (non-hydrogen) atoms. The van der Waals surface area contributed by atoms with Crippen molar-refractivity contribution in [2.24, 2.45) is 5.73 Å². The van der Waals surface area contributed by atoms with Crippen LogP contribution in [0.25, 0.3) is 0 Å². The largest absolute Gasteiger partial charge is 0.382 e. The first-order valence-electron chi connectivity index (χ1n) is 4.40. The minimum atomic E-state index is 0.338. The van der Waals surface area contributed by atoms with Gasteiger partial charge < -0.3 is 15.2 Å². The second-order valence-electron chi connectivity index (χ2n) is 2.63. The van der Waals surface area contributed by atoms with Gasteiger partial charge in [0.2, 0.25) is 0 Å². The monoisotopic (exact) mass is 201 g/mol. The first-order chi connectivity index (χ1) is 6.88. The van der Waals surface area contributed by atoms with E-state index in [1.807, 2.05) is 0 Å². The smallest absolute Gasteiger partial charge is 0.164 e. The number of tetrazole rings is 1. The Kier molecular flexibility index (Phi) is 5.05. The molecule has 1 rings (SSSR count). The summed E-state index contributed by atoms with van der Waals surface area (Å²) >= 11 is 0. The van der Waals surface area contributed by atoms with E-state index in [2.05, 4.69) is 15.5 Å². The van der Waals surface area contributed by atoms with Gasteiger partial charge in [-0.3, -0.25) is 0 Å². The van der Waals surface area contributed by atoms with Crippen molar-refractivity contribution >= 4 is 0 Å². The van der Waals surface area contributed by atoms with Crippen LogP contribution < -0.4 is 5.73 Å². The minimum absolute atomic E-state index is 0.338. The predicted octanol–water partition coefficient (Wildman–Crippen LogP) is -1.21. The summed E-state index contributed by atoms with van der Waals surface area (Å²) in [4.78, 5) is 0. The van der Waals surface area contributed by atoms with E-state index in [9.17, 15) is 0 Å². The van der Waals surface area contributed by atoms with Crippen molar-refractivity contribution in [2.75, 3.05) is 26.9 Å². The molecule has 0 atom stereocenters. The van der Waals surface area contributed by atoms with E-state index in [-0.39, 0.29) is 0 Å². The van der Waals surface area contributed by atoms with E-state index in [0.717, 1.165) is 0 Å². The van der Waals surface area contributed by atoms with Crippen LogP contribution in [0.1, 0.15) is 5.82 Å². The summed E-state index contributed by atoms with van der Waals surface area (Å²) in [5.74, 6) is 0.667. The summed E-state index contributed by atoms with van der Waals surface area (Å²) in [6.45, 7) is 2.69. The predicted molar refractivity (Wildman–Crippen MR) is 48.4 cm³/mol. The van der Waals surface area contributed by atoms with Crippen molar-refractivity contribution in [3.63, 3.8) is 0 Å². The summed E-state index contributed by atoms with van der Waals surface area (Å²) in [6.07, 6.45) is 0. The van der Waals surface area contributed by atoms with E-state index < -0.39 is 0 Å². The fraction of sp³-hybridized carbons (Fsp3) is 0.857. The highest BCUT2D eigenvalue weighted by atomic mass is 16.5. The molecule has 1 aromatic heterocycles. The molecule has 7 heteroatoms. The van der Waals surface area contributed by atoms with Crippen LogP contribution in [0.5, 0.6) is 0 Å². The van der Waals surface area contributed by atoms with Gasteiger partial charge in [0.15, 0.2) is 5.82 Å². The van der Waals surface area contributed by atoms with E-state index in [1.54, 1.807) is 11.8 Å². The summed E-state index contributed by atoms with van der Waals surface area (Å²) < 4.78 is 11.7.